The average Bonchev–Trinajstić information content (AvgIpc) is 2.74. The highest BCUT2D eigenvalue weighted by atomic mass is 16.5. The van der Waals surface area contributed by atoms with Crippen LogP contribution in [0.5, 0.6) is 0 Å². The smallest absolute Gasteiger partial charge is 0.231 e. The maximum Gasteiger partial charge on any atom is 0.231 e. The highest BCUT2D eigenvalue weighted by molar-refractivity contribution is 5.61. The van der Waals surface area contributed by atoms with Crippen LogP contribution in [0.2, 0.25) is 0 Å². The van der Waals surface area contributed by atoms with Crippen LogP contribution in [-0.2, 0) is 9.47 Å². The van der Waals surface area contributed by atoms with Gasteiger partial charge in [-0.2, -0.15) is 15.0 Å². The third kappa shape index (κ3) is 3.95. The molecule has 9 nitrogen and oxygen atoms in total. The summed E-state index contributed by atoms with van der Waals surface area (Å²) in [6.45, 7) is 4.39. The number of ether oxygens (including phenoxy) is 2. The number of nitrogens with zero attached hydrogens (tertiary/aromatic N) is 5. The molecule has 2 aliphatic heterocycles. The summed E-state index contributed by atoms with van der Waals surface area (Å²) >= 11 is 0. The van der Waals surface area contributed by atoms with Crippen molar-refractivity contribution in [1.82, 2.24) is 15.0 Å². The Morgan fingerprint density at radius 1 is 0.963 bits per heavy atom. The summed E-state index contributed by atoms with van der Waals surface area (Å²) in [4.78, 5) is 18.2. The Hall–Kier alpha value is -2.49. The number of aliphatic hydroxyl groups excluding tert-OH is 1. The Morgan fingerprint density at radius 3 is 2.41 bits per heavy atom. The maximum absolute atomic E-state index is 9.72. The van der Waals surface area contributed by atoms with Crippen LogP contribution in [0.25, 0.3) is 11.4 Å². The second-order valence-corrected chi connectivity index (χ2v) is 6.59. The van der Waals surface area contributed by atoms with Crippen molar-refractivity contribution in [2.45, 2.75) is 6.04 Å². The fourth-order valence-corrected chi connectivity index (χ4v) is 3.22. The minimum Gasteiger partial charge on any atom is -0.399 e. The molecule has 4 rings (SSSR count). The van der Waals surface area contributed by atoms with Crippen molar-refractivity contribution in [2.75, 3.05) is 68.2 Å². The SMILES string of the molecule is Nc1ccc(-c2nc(N3CCOCC3)nc(N3CCOCC3CO)n2)cc1. The summed E-state index contributed by atoms with van der Waals surface area (Å²) in [5.41, 5.74) is 7.37. The molecule has 9 heteroatoms. The fourth-order valence-electron chi connectivity index (χ4n) is 3.22. The lowest BCUT2D eigenvalue weighted by Gasteiger charge is -2.35. The van der Waals surface area contributed by atoms with Gasteiger partial charge in [0.25, 0.3) is 0 Å². The summed E-state index contributed by atoms with van der Waals surface area (Å²) in [6, 6.07) is 7.30. The van der Waals surface area contributed by atoms with E-state index in [1.165, 1.54) is 0 Å². The molecule has 3 N–H and O–H groups in total. The zero-order valence-corrected chi connectivity index (χ0v) is 15.1. The molecule has 144 valence electrons. The highest BCUT2D eigenvalue weighted by Gasteiger charge is 2.27. The number of morpholine rings is 2. The van der Waals surface area contributed by atoms with Gasteiger partial charge in [0.1, 0.15) is 0 Å². The predicted octanol–water partition coefficient (Wildman–Crippen LogP) is 0.155. The number of hydrogen-bond acceptors (Lipinski definition) is 9. The first-order valence-electron chi connectivity index (χ1n) is 9.14. The number of benzene rings is 1. The Morgan fingerprint density at radius 2 is 1.67 bits per heavy atom. The van der Waals surface area contributed by atoms with Gasteiger partial charge in [-0.15, -0.1) is 0 Å². The van der Waals surface area contributed by atoms with Crippen molar-refractivity contribution < 1.29 is 14.6 Å². The van der Waals surface area contributed by atoms with E-state index in [9.17, 15) is 5.11 Å². The molecule has 0 radical (unpaired) electrons. The average molecular weight is 372 g/mol. The normalized spacial score (nSPS) is 20.7. The lowest BCUT2D eigenvalue weighted by atomic mass is 10.2. The summed E-state index contributed by atoms with van der Waals surface area (Å²) in [6.07, 6.45) is 0. The molecule has 1 unspecified atom stereocenters. The molecule has 3 heterocycles. The molecule has 2 aliphatic rings. The Labute approximate surface area is 157 Å². The molecular weight excluding hydrogens is 348 g/mol. The molecule has 0 spiro atoms. The van der Waals surface area contributed by atoms with E-state index in [1.807, 2.05) is 29.2 Å². The van der Waals surface area contributed by atoms with E-state index >= 15 is 0 Å². The number of aliphatic hydroxyl groups is 1. The van der Waals surface area contributed by atoms with Crippen LogP contribution in [-0.4, -0.2) is 78.8 Å². The second-order valence-electron chi connectivity index (χ2n) is 6.59. The van der Waals surface area contributed by atoms with Crippen LogP contribution in [0.15, 0.2) is 24.3 Å². The molecule has 1 atom stereocenters. The van der Waals surface area contributed by atoms with E-state index in [1.54, 1.807) is 0 Å². The maximum atomic E-state index is 9.72. The van der Waals surface area contributed by atoms with Gasteiger partial charge in [-0.3, -0.25) is 0 Å². The van der Waals surface area contributed by atoms with Gasteiger partial charge in [0.05, 0.1) is 39.1 Å². The molecule has 0 saturated carbocycles. The summed E-state index contributed by atoms with van der Waals surface area (Å²) in [5.74, 6) is 1.77. The van der Waals surface area contributed by atoms with E-state index in [-0.39, 0.29) is 12.6 Å². The molecule has 1 aromatic carbocycles. The molecule has 2 saturated heterocycles. The molecule has 27 heavy (non-hydrogen) atoms. The zero-order valence-electron chi connectivity index (χ0n) is 15.1. The monoisotopic (exact) mass is 372 g/mol. The Balaban J connectivity index is 1.74. The third-order valence-corrected chi connectivity index (χ3v) is 4.77. The van der Waals surface area contributed by atoms with Gasteiger partial charge >= 0.3 is 0 Å². The first-order chi connectivity index (χ1) is 13.2. The van der Waals surface area contributed by atoms with E-state index in [4.69, 9.17) is 20.2 Å². The minimum atomic E-state index is -0.169. The lowest BCUT2D eigenvalue weighted by Crippen LogP contribution is -2.48. The lowest BCUT2D eigenvalue weighted by molar-refractivity contribution is 0.0718. The summed E-state index contributed by atoms with van der Waals surface area (Å²) in [5, 5.41) is 9.72. The van der Waals surface area contributed by atoms with Crippen LogP contribution in [0.1, 0.15) is 0 Å². The Bertz CT molecular complexity index is 766. The summed E-state index contributed by atoms with van der Waals surface area (Å²) in [7, 11) is 0. The largest absolute Gasteiger partial charge is 0.399 e. The van der Waals surface area contributed by atoms with Gasteiger partial charge in [0.2, 0.25) is 11.9 Å². The Kier molecular flexibility index (Phi) is 5.33. The molecular formula is C18H24N6O3. The molecule has 2 fully saturated rings. The van der Waals surface area contributed by atoms with Crippen LogP contribution in [0.3, 0.4) is 0 Å². The van der Waals surface area contributed by atoms with E-state index in [2.05, 4.69) is 14.9 Å². The van der Waals surface area contributed by atoms with Crippen molar-refractivity contribution in [3.8, 4) is 11.4 Å². The van der Waals surface area contributed by atoms with Gasteiger partial charge in [-0.25, -0.2) is 0 Å². The van der Waals surface area contributed by atoms with Crippen LogP contribution in [0, 0.1) is 0 Å². The fraction of sp³-hybridized carbons (Fsp3) is 0.500. The number of nitrogen functional groups attached to an aromatic ring is 1. The number of rotatable bonds is 4. The summed E-state index contributed by atoms with van der Waals surface area (Å²) < 4.78 is 10.9. The number of hydrogen-bond donors (Lipinski definition) is 2. The van der Waals surface area contributed by atoms with Crippen molar-refractivity contribution in [3.63, 3.8) is 0 Å². The molecule has 0 aliphatic carbocycles. The zero-order chi connectivity index (χ0) is 18.6. The van der Waals surface area contributed by atoms with Crippen LogP contribution < -0.4 is 15.5 Å². The molecule has 2 aromatic rings. The standard InChI is InChI=1S/C18H24N6O3/c19-14-3-1-13(2-4-14)16-20-17(23-5-8-26-9-6-23)22-18(21-16)24-7-10-27-12-15(24)11-25/h1-4,15,25H,5-12,19H2. The highest BCUT2D eigenvalue weighted by Crippen LogP contribution is 2.24. The van der Waals surface area contributed by atoms with Gasteiger partial charge in [0, 0.05) is 30.9 Å². The second kappa shape index (κ2) is 8.03. The van der Waals surface area contributed by atoms with Crippen molar-refractivity contribution in [3.05, 3.63) is 24.3 Å². The first kappa shape index (κ1) is 17.9. The predicted molar refractivity (Wildman–Crippen MR) is 102 cm³/mol. The minimum absolute atomic E-state index is 0.0181. The van der Waals surface area contributed by atoms with Gasteiger partial charge in [-0.1, -0.05) is 0 Å². The quantitative estimate of drug-likeness (QED) is 0.725. The molecule has 0 amide bonds. The number of anilines is 3. The van der Waals surface area contributed by atoms with E-state index < -0.39 is 0 Å². The van der Waals surface area contributed by atoms with Crippen molar-refractivity contribution in [1.29, 1.82) is 0 Å². The number of aromatic nitrogens is 3. The van der Waals surface area contributed by atoms with E-state index in [0.29, 0.717) is 56.4 Å². The third-order valence-electron chi connectivity index (χ3n) is 4.77. The van der Waals surface area contributed by atoms with Gasteiger partial charge in [-0.05, 0) is 24.3 Å². The van der Waals surface area contributed by atoms with E-state index in [0.717, 1.165) is 18.7 Å². The first-order valence-corrected chi connectivity index (χ1v) is 9.14. The van der Waals surface area contributed by atoms with Crippen molar-refractivity contribution in [2.24, 2.45) is 0 Å². The van der Waals surface area contributed by atoms with Gasteiger partial charge < -0.3 is 30.1 Å². The number of nitrogens with two attached hydrogens (primary N) is 1. The van der Waals surface area contributed by atoms with Crippen LogP contribution >= 0.6 is 0 Å². The topological polar surface area (TPSA) is 110 Å². The molecule has 1 aromatic heterocycles. The molecule has 0 bridgehead atoms. The van der Waals surface area contributed by atoms with Crippen molar-refractivity contribution >= 4 is 17.6 Å². The van der Waals surface area contributed by atoms with Gasteiger partial charge in [0.15, 0.2) is 5.82 Å². The van der Waals surface area contributed by atoms with Crippen LogP contribution in [0.4, 0.5) is 17.6 Å².